The van der Waals surface area contributed by atoms with Crippen molar-refractivity contribution in [1.29, 1.82) is 0 Å². The van der Waals surface area contributed by atoms with Gasteiger partial charge in [-0.1, -0.05) is 6.92 Å². The van der Waals surface area contributed by atoms with Gasteiger partial charge in [0.25, 0.3) is 0 Å². The molecule has 0 spiro atoms. The van der Waals surface area contributed by atoms with Crippen LogP contribution < -0.4 is 5.32 Å². The fourth-order valence-corrected chi connectivity index (χ4v) is 2.56. The number of halogens is 1. The Morgan fingerprint density at radius 2 is 2.10 bits per heavy atom. The molecule has 0 amide bonds. The summed E-state index contributed by atoms with van der Waals surface area (Å²) in [6.07, 6.45) is 3.67. The van der Waals surface area contributed by atoms with Gasteiger partial charge in [-0.15, -0.1) is 5.10 Å². The van der Waals surface area contributed by atoms with Crippen molar-refractivity contribution in [3.63, 3.8) is 0 Å². The van der Waals surface area contributed by atoms with Gasteiger partial charge in [-0.05, 0) is 50.5 Å². The van der Waals surface area contributed by atoms with Gasteiger partial charge in [-0.25, -0.2) is 8.91 Å². The number of nitrogens with one attached hydrogen (secondary N) is 1. The van der Waals surface area contributed by atoms with Crippen LogP contribution in [-0.2, 0) is 0 Å². The van der Waals surface area contributed by atoms with Crippen molar-refractivity contribution in [3.8, 4) is 0 Å². The van der Waals surface area contributed by atoms with E-state index in [1.807, 2.05) is 0 Å². The Morgan fingerprint density at radius 3 is 2.85 bits per heavy atom. The summed E-state index contributed by atoms with van der Waals surface area (Å²) in [6, 6.07) is 3.02. The second-order valence-electron chi connectivity index (χ2n) is 6.05. The van der Waals surface area contributed by atoms with Gasteiger partial charge in [-0.2, -0.15) is 4.98 Å². The average molecular weight is 277 g/mol. The molecule has 0 aliphatic carbocycles. The third kappa shape index (κ3) is 2.75. The number of piperidine rings is 1. The van der Waals surface area contributed by atoms with Crippen molar-refractivity contribution in [2.75, 3.05) is 32.0 Å². The second-order valence-corrected chi connectivity index (χ2v) is 6.05. The van der Waals surface area contributed by atoms with Crippen LogP contribution >= 0.6 is 0 Å². The molecular formula is C14H20FN5. The number of hydrogen-bond acceptors (Lipinski definition) is 4. The van der Waals surface area contributed by atoms with E-state index in [1.54, 1.807) is 6.07 Å². The van der Waals surface area contributed by atoms with E-state index >= 15 is 0 Å². The molecule has 1 aliphatic heterocycles. The van der Waals surface area contributed by atoms with E-state index in [0.717, 1.165) is 19.6 Å². The summed E-state index contributed by atoms with van der Waals surface area (Å²) in [5.74, 6) is 0.256. The Balaban J connectivity index is 1.67. The molecule has 0 aromatic carbocycles. The van der Waals surface area contributed by atoms with Gasteiger partial charge in [0.1, 0.15) is 5.82 Å². The first-order chi connectivity index (χ1) is 9.54. The summed E-state index contributed by atoms with van der Waals surface area (Å²) < 4.78 is 14.6. The van der Waals surface area contributed by atoms with Gasteiger partial charge < -0.3 is 10.2 Å². The van der Waals surface area contributed by atoms with E-state index in [1.165, 1.54) is 29.6 Å². The highest BCUT2D eigenvalue weighted by atomic mass is 19.1. The molecule has 0 radical (unpaired) electrons. The van der Waals surface area contributed by atoms with Gasteiger partial charge in [0.15, 0.2) is 5.65 Å². The minimum absolute atomic E-state index is 0.273. The molecule has 5 nitrogen and oxygen atoms in total. The third-order valence-electron chi connectivity index (χ3n) is 4.16. The molecule has 0 atom stereocenters. The lowest BCUT2D eigenvalue weighted by molar-refractivity contribution is 0.150. The highest BCUT2D eigenvalue weighted by Gasteiger charge is 2.28. The van der Waals surface area contributed by atoms with Crippen LogP contribution in [0.3, 0.4) is 0 Å². The Hall–Kier alpha value is -1.69. The van der Waals surface area contributed by atoms with E-state index in [4.69, 9.17) is 0 Å². The minimum atomic E-state index is -0.309. The van der Waals surface area contributed by atoms with Crippen molar-refractivity contribution >= 4 is 11.6 Å². The first-order valence-corrected chi connectivity index (χ1v) is 6.98. The Labute approximate surface area is 117 Å². The lowest BCUT2D eigenvalue weighted by Gasteiger charge is -2.37. The molecule has 20 heavy (non-hydrogen) atoms. The Morgan fingerprint density at radius 1 is 1.35 bits per heavy atom. The molecule has 1 aliphatic rings. The van der Waals surface area contributed by atoms with E-state index in [-0.39, 0.29) is 11.2 Å². The molecular weight excluding hydrogens is 257 g/mol. The van der Waals surface area contributed by atoms with Crippen LogP contribution in [0.15, 0.2) is 18.3 Å². The molecule has 1 saturated heterocycles. The molecule has 2 aromatic heterocycles. The summed E-state index contributed by atoms with van der Waals surface area (Å²) >= 11 is 0. The van der Waals surface area contributed by atoms with Crippen molar-refractivity contribution in [2.24, 2.45) is 5.41 Å². The van der Waals surface area contributed by atoms with Crippen LogP contribution in [-0.4, -0.2) is 46.2 Å². The van der Waals surface area contributed by atoms with Crippen LogP contribution in [0.25, 0.3) is 5.65 Å². The fourth-order valence-electron chi connectivity index (χ4n) is 2.56. The molecule has 6 heteroatoms. The number of nitrogens with zero attached hydrogens (tertiary/aromatic N) is 4. The maximum absolute atomic E-state index is 13.1. The summed E-state index contributed by atoms with van der Waals surface area (Å²) in [5.41, 5.74) is 0.928. The third-order valence-corrected chi connectivity index (χ3v) is 4.16. The second kappa shape index (κ2) is 5.01. The summed E-state index contributed by atoms with van der Waals surface area (Å²) in [7, 11) is 2.16. The maximum Gasteiger partial charge on any atom is 0.243 e. The molecule has 108 valence electrons. The van der Waals surface area contributed by atoms with E-state index in [0.29, 0.717) is 11.6 Å². The zero-order valence-electron chi connectivity index (χ0n) is 11.9. The number of aromatic nitrogens is 3. The number of rotatable bonds is 3. The van der Waals surface area contributed by atoms with E-state index < -0.39 is 0 Å². The van der Waals surface area contributed by atoms with Crippen molar-refractivity contribution in [2.45, 2.75) is 19.8 Å². The van der Waals surface area contributed by atoms with Gasteiger partial charge >= 0.3 is 0 Å². The SMILES string of the molecule is CN1CCC(C)(CNc2nc3ccc(F)cn3n2)CC1. The lowest BCUT2D eigenvalue weighted by Crippen LogP contribution is -2.40. The monoisotopic (exact) mass is 277 g/mol. The zero-order valence-corrected chi connectivity index (χ0v) is 11.9. The van der Waals surface area contributed by atoms with Crippen LogP contribution in [0.1, 0.15) is 19.8 Å². The van der Waals surface area contributed by atoms with Gasteiger partial charge in [0.05, 0.1) is 6.20 Å². The van der Waals surface area contributed by atoms with Crippen LogP contribution in [0.5, 0.6) is 0 Å². The highest BCUT2D eigenvalue weighted by Crippen LogP contribution is 2.30. The molecule has 3 heterocycles. The largest absolute Gasteiger partial charge is 0.352 e. The first-order valence-electron chi connectivity index (χ1n) is 6.98. The molecule has 1 fully saturated rings. The molecule has 0 unspecified atom stereocenters. The standard InChI is InChI=1S/C14H20FN5/c1-14(5-7-19(2)8-6-14)10-16-13-17-12-4-3-11(15)9-20(12)18-13/h3-4,9H,5-8,10H2,1-2H3,(H,16,18). The van der Waals surface area contributed by atoms with E-state index in [2.05, 4.69) is 34.3 Å². The smallest absolute Gasteiger partial charge is 0.243 e. The number of fused-ring (bicyclic) bond motifs is 1. The molecule has 1 N–H and O–H groups in total. The Bertz CT molecular complexity index is 601. The molecule has 0 bridgehead atoms. The zero-order chi connectivity index (χ0) is 14.2. The van der Waals surface area contributed by atoms with Crippen LogP contribution in [0, 0.1) is 11.2 Å². The van der Waals surface area contributed by atoms with Gasteiger partial charge in [0, 0.05) is 6.54 Å². The number of hydrogen-bond donors (Lipinski definition) is 1. The van der Waals surface area contributed by atoms with E-state index in [9.17, 15) is 4.39 Å². The van der Waals surface area contributed by atoms with Gasteiger partial charge in [-0.3, -0.25) is 0 Å². The predicted octanol–water partition coefficient (Wildman–Crippen LogP) is 2.01. The normalized spacial score (nSPS) is 19.4. The minimum Gasteiger partial charge on any atom is -0.352 e. The highest BCUT2D eigenvalue weighted by molar-refractivity contribution is 5.43. The first kappa shape index (κ1) is 13.3. The molecule has 3 rings (SSSR count). The summed E-state index contributed by atoms with van der Waals surface area (Å²) in [6.45, 7) is 5.40. The lowest BCUT2D eigenvalue weighted by atomic mass is 9.80. The summed E-state index contributed by atoms with van der Waals surface area (Å²) in [4.78, 5) is 6.70. The Kier molecular flexibility index (Phi) is 3.33. The quantitative estimate of drug-likeness (QED) is 0.932. The molecule has 2 aromatic rings. The van der Waals surface area contributed by atoms with Crippen molar-refractivity contribution in [1.82, 2.24) is 19.5 Å². The van der Waals surface area contributed by atoms with Gasteiger partial charge in [0.2, 0.25) is 5.95 Å². The van der Waals surface area contributed by atoms with Crippen molar-refractivity contribution in [3.05, 3.63) is 24.1 Å². The van der Waals surface area contributed by atoms with Crippen LogP contribution in [0.4, 0.5) is 10.3 Å². The molecule has 0 saturated carbocycles. The van der Waals surface area contributed by atoms with Crippen molar-refractivity contribution < 1.29 is 4.39 Å². The number of pyridine rings is 1. The average Bonchev–Trinajstić information content (AvgIpc) is 2.82. The summed E-state index contributed by atoms with van der Waals surface area (Å²) in [5, 5.41) is 7.54. The number of anilines is 1. The fraction of sp³-hybridized carbons (Fsp3) is 0.571. The number of likely N-dealkylation sites (tertiary alicyclic amines) is 1. The van der Waals surface area contributed by atoms with Crippen LogP contribution in [0.2, 0.25) is 0 Å². The predicted molar refractivity (Wildman–Crippen MR) is 76.3 cm³/mol. The maximum atomic E-state index is 13.1. The topological polar surface area (TPSA) is 45.5 Å².